The number of carbonyl (C=O) groups is 1. The van der Waals surface area contributed by atoms with Crippen LogP contribution >= 0.6 is 0 Å². The molecule has 0 radical (unpaired) electrons. The van der Waals surface area contributed by atoms with Gasteiger partial charge in [0.2, 0.25) is 0 Å². The molecule has 1 aliphatic carbocycles. The third-order valence-corrected chi connectivity index (χ3v) is 5.04. The van der Waals surface area contributed by atoms with Gasteiger partial charge >= 0.3 is 6.09 Å². The summed E-state index contributed by atoms with van der Waals surface area (Å²) < 4.78 is 18.8. The lowest BCUT2D eigenvalue weighted by Gasteiger charge is -2.19. The van der Waals surface area contributed by atoms with Crippen LogP contribution in [-0.4, -0.2) is 32.3 Å². The summed E-state index contributed by atoms with van der Waals surface area (Å²) in [6.45, 7) is 3.87. The summed E-state index contributed by atoms with van der Waals surface area (Å²) in [6.07, 6.45) is 1.43. The second-order valence-electron chi connectivity index (χ2n) is 7.12. The quantitative estimate of drug-likeness (QED) is 0.490. The monoisotopic (exact) mass is 398 g/mol. The van der Waals surface area contributed by atoms with Crippen molar-refractivity contribution in [3.63, 3.8) is 0 Å². The van der Waals surface area contributed by atoms with E-state index in [1.165, 1.54) is 13.2 Å². The molecule has 0 aromatic heterocycles. The number of amides is 1. The number of nitrogens with zero attached hydrogens (tertiary/aromatic N) is 1. The third kappa shape index (κ3) is 5.47. The van der Waals surface area contributed by atoms with E-state index in [0.29, 0.717) is 24.7 Å². The summed E-state index contributed by atoms with van der Waals surface area (Å²) in [5.41, 5.74) is 2.29. The summed E-state index contributed by atoms with van der Waals surface area (Å²) in [5.74, 6) is 0.557. The van der Waals surface area contributed by atoms with Gasteiger partial charge < -0.3 is 15.4 Å². The van der Waals surface area contributed by atoms with E-state index < -0.39 is 6.09 Å². The predicted molar refractivity (Wildman–Crippen MR) is 113 cm³/mol. The number of halogens is 1. The van der Waals surface area contributed by atoms with Crippen molar-refractivity contribution in [1.29, 1.82) is 0 Å². The molecule has 0 heterocycles. The van der Waals surface area contributed by atoms with Gasteiger partial charge in [0, 0.05) is 24.2 Å². The predicted octanol–water partition coefficient (Wildman–Crippen LogP) is 3.79. The normalized spacial score (nSPS) is 14.8. The molecule has 154 valence electrons. The topological polar surface area (TPSA) is 74.8 Å². The summed E-state index contributed by atoms with van der Waals surface area (Å²) in [6, 6.07) is 14.4. The number of rotatable bonds is 7. The van der Waals surface area contributed by atoms with E-state index in [0.717, 1.165) is 30.5 Å². The van der Waals surface area contributed by atoms with Crippen LogP contribution in [-0.2, 0) is 16.7 Å². The highest BCUT2D eigenvalue weighted by Gasteiger charge is 2.45. The average molecular weight is 398 g/mol. The van der Waals surface area contributed by atoms with Gasteiger partial charge in [0.1, 0.15) is 5.82 Å². The molecule has 0 atom stereocenters. The number of hydrogen-bond acceptors (Lipinski definition) is 3. The first-order valence-electron chi connectivity index (χ1n) is 9.77. The minimum absolute atomic E-state index is 0.144. The fraction of sp³-hybridized carbons (Fsp3) is 0.364. The van der Waals surface area contributed by atoms with Crippen molar-refractivity contribution in [3.05, 3.63) is 65.5 Å². The molecule has 0 spiro atoms. The number of carbonyl (C=O) groups excluding carboxylic acids is 1. The molecule has 7 heteroatoms. The molecular formula is C22H27FN4O2. The molecule has 2 aromatic rings. The fourth-order valence-corrected chi connectivity index (χ4v) is 3.21. The standard InChI is InChI=1S/C22H27FN4O2/c1-3-24-20(25-14-16-8-10-17(11-9-16)27-21(28)29-2)26-15-22(12-13-22)18-6-4-5-7-19(18)23/h4-11H,3,12-15H2,1-2H3,(H,27,28)(H2,24,25,26). The zero-order valence-corrected chi connectivity index (χ0v) is 16.8. The number of ether oxygens (including phenoxy) is 1. The molecule has 3 N–H and O–H groups in total. The van der Waals surface area contributed by atoms with Gasteiger partial charge in [-0.25, -0.2) is 14.2 Å². The maximum atomic E-state index is 14.2. The number of nitrogens with one attached hydrogen (secondary N) is 3. The molecule has 1 amide bonds. The SMILES string of the molecule is CCNC(=NCc1ccc(NC(=O)OC)cc1)NCC1(c2ccccc2F)CC1. The highest BCUT2D eigenvalue weighted by atomic mass is 19.1. The zero-order chi connectivity index (χ0) is 20.7. The van der Waals surface area contributed by atoms with E-state index >= 15 is 0 Å². The van der Waals surface area contributed by atoms with Crippen LogP contribution in [0.1, 0.15) is 30.9 Å². The highest BCUT2D eigenvalue weighted by Crippen LogP contribution is 2.48. The molecule has 1 saturated carbocycles. The second kappa shape index (κ2) is 9.41. The smallest absolute Gasteiger partial charge is 0.411 e. The van der Waals surface area contributed by atoms with Gasteiger partial charge in [-0.2, -0.15) is 0 Å². The van der Waals surface area contributed by atoms with Gasteiger partial charge in [-0.05, 0) is 49.1 Å². The number of guanidine groups is 1. The van der Waals surface area contributed by atoms with Crippen LogP contribution in [0.3, 0.4) is 0 Å². The van der Waals surface area contributed by atoms with E-state index in [4.69, 9.17) is 0 Å². The molecular weight excluding hydrogens is 371 g/mol. The number of hydrogen-bond donors (Lipinski definition) is 3. The number of methoxy groups -OCH3 is 1. The largest absolute Gasteiger partial charge is 0.453 e. The first-order valence-corrected chi connectivity index (χ1v) is 9.77. The Morgan fingerprint density at radius 3 is 2.48 bits per heavy atom. The van der Waals surface area contributed by atoms with Crippen LogP contribution in [0.25, 0.3) is 0 Å². The summed E-state index contributed by atoms with van der Waals surface area (Å²) >= 11 is 0. The van der Waals surface area contributed by atoms with Crippen molar-refractivity contribution < 1.29 is 13.9 Å². The van der Waals surface area contributed by atoms with Crippen LogP contribution in [0.2, 0.25) is 0 Å². The van der Waals surface area contributed by atoms with E-state index in [9.17, 15) is 9.18 Å². The maximum absolute atomic E-state index is 14.2. The molecule has 3 rings (SSSR count). The number of anilines is 1. The lowest BCUT2D eigenvalue weighted by molar-refractivity contribution is 0.187. The van der Waals surface area contributed by atoms with Crippen molar-refractivity contribution >= 4 is 17.7 Å². The third-order valence-electron chi connectivity index (χ3n) is 5.04. The summed E-state index contributed by atoms with van der Waals surface area (Å²) in [4.78, 5) is 15.9. The van der Waals surface area contributed by atoms with E-state index in [1.54, 1.807) is 18.2 Å². The molecule has 0 saturated heterocycles. The first kappa shape index (κ1) is 20.6. The van der Waals surface area contributed by atoms with Crippen LogP contribution in [0, 0.1) is 5.82 Å². The van der Waals surface area contributed by atoms with Gasteiger partial charge in [0.25, 0.3) is 0 Å². The van der Waals surface area contributed by atoms with Crippen LogP contribution in [0.4, 0.5) is 14.9 Å². The van der Waals surface area contributed by atoms with Crippen molar-refractivity contribution in [3.8, 4) is 0 Å². The van der Waals surface area contributed by atoms with Gasteiger partial charge in [0.05, 0.1) is 13.7 Å². The van der Waals surface area contributed by atoms with Crippen LogP contribution in [0.5, 0.6) is 0 Å². The fourth-order valence-electron chi connectivity index (χ4n) is 3.21. The Balaban J connectivity index is 1.60. The first-order chi connectivity index (χ1) is 14.1. The Bertz CT molecular complexity index is 863. The summed E-state index contributed by atoms with van der Waals surface area (Å²) in [7, 11) is 1.33. The number of benzene rings is 2. The minimum Gasteiger partial charge on any atom is -0.453 e. The highest BCUT2D eigenvalue weighted by molar-refractivity contribution is 5.84. The van der Waals surface area contributed by atoms with Crippen LogP contribution in [0.15, 0.2) is 53.5 Å². The van der Waals surface area contributed by atoms with Gasteiger partial charge in [0.15, 0.2) is 5.96 Å². The zero-order valence-electron chi connectivity index (χ0n) is 16.8. The summed E-state index contributed by atoms with van der Waals surface area (Å²) in [5, 5.41) is 9.21. The van der Waals surface area contributed by atoms with E-state index in [2.05, 4.69) is 25.7 Å². The Morgan fingerprint density at radius 1 is 1.14 bits per heavy atom. The Hall–Kier alpha value is -3.09. The molecule has 0 aliphatic heterocycles. The van der Waals surface area contributed by atoms with Gasteiger partial charge in [-0.1, -0.05) is 30.3 Å². The lowest BCUT2D eigenvalue weighted by Crippen LogP contribution is -2.41. The lowest BCUT2D eigenvalue weighted by atomic mass is 9.95. The van der Waals surface area contributed by atoms with Crippen molar-refractivity contribution in [2.24, 2.45) is 4.99 Å². The van der Waals surface area contributed by atoms with Gasteiger partial charge in [-0.3, -0.25) is 5.32 Å². The molecule has 29 heavy (non-hydrogen) atoms. The van der Waals surface area contributed by atoms with Crippen LogP contribution < -0.4 is 16.0 Å². The van der Waals surface area contributed by atoms with Crippen molar-refractivity contribution in [1.82, 2.24) is 10.6 Å². The van der Waals surface area contributed by atoms with Crippen molar-refractivity contribution in [2.45, 2.75) is 31.7 Å². The molecule has 2 aromatic carbocycles. The Morgan fingerprint density at radius 2 is 1.86 bits per heavy atom. The van der Waals surface area contributed by atoms with E-state index in [-0.39, 0.29) is 11.2 Å². The molecule has 1 aliphatic rings. The van der Waals surface area contributed by atoms with Crippen molar-refractivity contribution in [2.75, 3.05) is 25.5 Å². The number of aliphatic imine (C=N–C) groups is 1. The molecule has 0 unspecified atom stereocenters. The minimum atomic E-state index is -0.502. The Labute approximate surface area is 170 Å². The average Bonchev–Trinajstić information content (AvgIpc) is 3.52. The molecule has 0 bridgehead atoms. The molecule has 6 nitrogen and oxygen atoms in total. The second-order valence-corrected chi connectivity index (χ2v) is 7.12. The molecule has 1 fully saturated rings. The Kier molecular flexibility index (Phi) is 6.69. The van der Waals surface area contributed by atoms with E-state index in [1.807, 2.05) is 31.2 Å². The van der Waals surface area contributed by atoms with Gasteiger partial charge in [-0.15, -0.1) is 0 Å². The maximum Gasteiger partial charge on any atom is 0.411 e.